The Morgan fingerprint density at radius 3 is 3.00 bits per heavy atom. The van der Waals surface area contributed by atoms with Crippen LogP contribution in [0.3, 0.4) is 0 Å². The number of nitrogens with zero attached hydrogens (tertiary/aromatic N) is 1. The van der Waals surface area contributed by atoms with Crippen LogP contribution in [0.4, 0.5) is 0 Å². The zero-order chi connectivity index (χ0) is 9.68. The fraction of sp³-hybridized carbons (Fsp3) is 0.500. The fourth-order valence-corrected chi connectivity index (χ4v) is 1.39. The van der Waals surface area contributed by atoms with E-state index >= 15 is 0 Å². The highest BCUT2D eigenvalue weighted by Crippen LogP contribution is 2.17. The minimum atomic E-state index is -0.0892. The van der Waals surface area contributed by atoms with Crippen molar-refractivity contribution >= 4 is 0 Å². The SMILES string of the molecule is CCc1ccncc1C(N)CCO. The van der Waals surface area contributed by atoms with Crippen molar-refractivity contribution in [1.82, 2.24) is 4.98 Å². The molecule has 0 aliphatic heterocycles. The molecule has 0 saturated carbocycles. The van der Waals surface area contributed by atoms with Crippen LogP contribution in [0, 0.1) is 0 Å². The molecule has 0 amide bonds. The van der Waals surface area contributed by atoms with E-state index in [4.69, 9.17) is 10.8 Å². The largest absolute Gasteiger partial charge is 0.396 e. The first kappa shape index (κ1) is 10.2. The van der Waals surface area contributed by atoms with Crippen molar-refractivity contribution in [2.45, 2.75) is 25.8 Å². The van der Waals surface area contributed by atoms with E-state index in [1.165, 1.54) is 5.56 Å². The van der Waals surface area contributed by atoms with Gasteiger partial charge in [0.1, 0.15) is 0 Å². The first-order chi connectivity index (χ1) is 6.29. The van der Waals surface area contributed by atoms with Crippen LogP contribution >= 0.6 is 0 Å². The number of aryl methyl sites for hydroxylation is 1. The Morgan fingerprint density at radius 1 is 1.62 bits per heavy atom. The van der Waals surface area contributed by atoms with Gasteiger partial charge in [0.2, 0.25) is 0 Å². The highest BCUT2D eigenvalue weighted by atomic mass is 16.3. The Labute approximate surface area is 78.6 Å². The predicted molar refractivity (Wildman–Crippen MR) is 52.2 cm³/mol. The maximum atomic E-state index is 8.76. The van der Waals surface area contributed by atoms with E-state index in [-0.39, 0.29) is 12.6 Å². The Morgan fingerprint density at radius 2 is 2.38 bits per heavy atom. The van der Waals surface area contributed by atoms with Crippen LogP contribution in [0.2, 0.25) is 0 Å². The maximum absolute atomic E-state index is 8.76. The molecular weight excluding hydrogens is 164 g/mol. The van der Waals surface area contributed by atoms with Gasteiger partial charge in [0.05, 0.1) is 0 Å². The average Bonchev–Trinajstić information content (AvgIpc) is 2.18. The zero-order valence-corrected chi connectivity index (χ0v) is 7.90. The van der Waals surface area contributed by atoms with Crippen molar-refractivity contribution in [1.29, 1.82) is 0 Å². The summed E-state index contributed by atoms with van der Waals surface area (Å²) in [6.07, 6.45) is 5.11. The molecule has 0 saturated heterocycles. The van der Waals surface area contributed by atoms with Crippen LogP contribution in [0.5, 0.6) is 0 Å². The van der Waals surface area contributed by atoms with Crippen molar-refractivity contribution < 1.29 is 5.11 Å². The molecule has 72 valence electrons. The summed E-state index contributed by atoms with van der Waals surface area (Å²) in [6.45, 7) is 2.21. The summed E-state index contributed by atoms with van der Waals surface area (Å²) in [7, 11) is 0. The second kappa shape index (κ2) is 4.94. The zero-order valence-electron chi connectivity index (χ0n) is 7.90. The Balaban J connectivity index is 2.85. The summed E-state index contributed by atoms with van der Waals surface area (Å²) in [5, 5.41) is 8.76. The lowest BCUT2D eigenvalue weighted by atomic mass is 10.00. The van der Waals surface area contributed by atoms with Gasteiger partial charge in [-0.1, -0.05) is 6.92 Å². The molecule has 0 radical (unpaired) electrons. The van der Waals surface area contributed by atoms with E-state index < -0.39 is 0 Å². The molecule has 1 heterocycles. The van der Waals surface area contributed by atoms with Crippen LogP contribution in [0.15, 0.2) is 18.5 Å². The lowest BCUT2D eigenvalue weighted by molar-refractivity contribution is 0.276. The molecule has 0 aromatic carbocycles. The third-order valence-electron chi connectivity index (χ3n) is 2.17. The average molecular weight is 180 g/mol. The molecule has 0 aliphatic carbocycles. The van der Waals surface area contributed by atoms with Gasteiger partial charge in [0.25, 0.3) is 0 Å². The van der Waals surface area contributed by atoms with Gasteiger partial charge < -0.3 is 10.8 Å². The van der Waals surface area contributed by atoms with Gasteiger partial charge in [-0.25, -0.2) is 0 Å². The highest BCUT2D eigenvalue weighted by molar-refractivity contribution is 5.26. The van der Waals surface area contributed by atoms with Crippen molar-refractivity contribution in [2.75, 3.05) is 6.61 Å². The van der Waals surface area contributed by atoms with Crippen molar-refractivity contribution in [2.24, 2.45) is 5.73 Å². The van der Waals surface area contributed by atoms with Crippen LogP contribution < -0.4 is 5.73 Å². The van der Waals surface area contributed by atoms with E-state index in [2.05, 4.69) is 11.9 Å². The molecule has 0 aliphatic rings. The number of rotatable bonds is 4. The molecule has 1 atom stereocenters. The smallest absolute Gasteiger partial charge is 0.0449 e. The van der Waals surface area contributed by atoms with E-state index in [9.17, 15) is 0 Å². The molecular formula is C10H16N2O. The molecule has 3 N–H and O–H groups in total. The number of aromatic nitrogens is 1. The summed E-state index contributed by atoms with van der Waals surface area (Å²) in [6, 6.07) is 1.89. The normalized spacial score (nSPS) is 12.8. The van der Waals surface area contributed by atoms with Gasteiger partial charge >= 0.3 is 0 Å². The second-order valence-corrected chi connectivity index (χ2v) is 3.05. The minimum absolute atomic E-state index is 0.0892. The lowest BCUT2D eigenvalue weighted by Gasteiger charge is -2.13. The summed E-state index contributed by atoms with van der Waals surface area (Å²) in [5.41, 5.74) is 8.16. The van der Waals surface area contributed by atoms with Gasteiger partial charge in [0.15, 0.2) is 0 Å². The Hall–Kier alpha value is -0.930. The third-order valence-corrected chi connectivity index (χ3v) is 2.17. The summed E-state index contributed by atoms with van der Waals surface area (Å²) in [5.74, 6) is 0. The van der Waals surface area contributed by atoms with Crippen molar-refractivity contribution in [3.05, 3.63) is 29.6 Å². The predicted octanol–water partition coefficient (Wildman–Crippen LogP) is 1.03. The first-order valence-corrected chi connectivity index (χ1v) is 4.58. The molecule has 1 unspecified atom stereocenters. The van der Waals surface area contributed by atoms with Gasteiger partial charge in [-0.15, -0.1) is 0 Å². The fourth-order valence-electron chi connectivity index (χ4n) is 1.39. The monoisotopic (exact) mass is 180 g/mol. The number of hydrogen-bond donors (Lipinski definition) is 2. The quantitative estimate of drug-likeness (QED) is 0.727. The first-order valence-electron chi connectivity index (χ1n) is 4.58. The molecule has 3 heteroatoms. The van der Waals surface area contributed by atoms with Gasteiger partial charge in [0, 0.05) is 25.0 Å². The van der Waals surface area contributed by atoms with Crippen molar-refractivity contribution in [3.63, 3.8) is 0 Å². The molecule has 1 aromatic heterocycles. The Bertz CT molecular complexity index is 263. The standard InChI is InChI=1S/C10H16N2O/c1-2-8-3-5-12-7-9(8)10(11)4-6-13/h3,5,7,10,13H,2,4,6,11H2,1H3. The molecule has 1 aromatic rings. The summed E-state index contributed by atoms with van der Waals surface area (Å²) >= 11 is 0. The van der Waals surface area contributed by atoms with Crippen LogP contribution in [-0.4, -0.2) is 16.7 Å². The minimum Gasteiger partial charge on any atom is -0.396 e. The number of aliphatic hydroxyl groups is 1. The molecule has 13 heavy (non-hydrogen) atoms. The van der Waals surface area contributed by atoms with Gasteiger partial charge in [-0.05, 0) is 30.0 Å². The topological polar surface area (TPSA) is 59.1 Å². The van der Waals surface area contributed by atoms with E-state index in [0.717, 1.165) is 12.0 Å². The maximum Gasteiger partial charge on any atom is 0.0449 e. The lowest BCUT2D eigenvalue weighted by Crippen LogP contribution is -2.14. The Kier molecular flexibility index (Phi) is 3.86. The number of hydrogen-bond acceptors (Lipinski definition) is 3. The van der Waals surface area contributed by atoms with E-state index in [1.807, 2.05) is 6.07 Å². The van der Waals surface area contributed by atoms with Gasteiger partial charge in [-0.2, -0.15) is 0 Å². The van der Waals surface area contributed by atoms with Crippen LogP contribution in [0.1, 0.15) is 30.5 Å². The van der Waals surface area contributed by atoms with Gasteiger partial charge in [-0.3, -0.25) is 4.98 Å². The molecule has 0 fully saturated rings. The number of aliphatic hydroxyl groups excluding tert-OH is 1. The molecule has 1 rings (SSSR count). The van der Waals surface area contributed by atoms with Crippen LogP contribution in [-0.2, 0) is 6.42 Å². The van der Waals surface area contributed by atoms with Crippen molar-refractivity contribution in [3.8, 4) is 0 Å². The van der Waals surface area contributed by atoms with Crippen LogP contribution in [0.25, 0.3) is 0 Å². The highest BCUT2D eigenvalue weighted by Gasteiger charge is 2.08. The number of pyridine rings is 1. The van der Waals surface area contributed by atoms with E-state index in [0.29, 0.717) is 6.42 Å². The molecule has 3 nitrogen and oxygen atoms in total. The third kappa shape index (κ3) is 2.50. The summed E-state index contributed by atoms with van der Waals surface area (Å²) in [4.78, 5) is 4.03. The molecule has 0 bridgehead atoms. The second-order valence-electron chi connectivity index (χ2n) is 3.05. The number of nitrogens with two attached hydrogens (primary N) is 1. The summed E-state index contributed by atoms with van der Waals surface area (Å²) < 4.78 is 0. The van der Waals surface area contributed by atoms with E-state index in [1.54, 1.807) is 12.4 Å². The molecule has 0 spiro atoms.